The molecule has 0 fully saturated rings. The molecule has 0 aliphatic heterocycles. The molecule has 0 radical (unpaired) electrons. The lowest BCUT2D eigenvalue weighted by Gasteiger charge is -2.07. The van der Waals surface area contributed by atoms with E-state index >= 15 is 0 Å². The number of rotatable bonds is 5. The first kappa shape index (κ1) is 15.7. The van der Waals surface area contributed by atoms with Crippen molar-refractivity contribution >= 4 is 34.1 Å². The number of nitrogens with zero attached hydrogens (tertiary/aromatic N) is 2. The lowest BCUT2D eigenvalue weighted by molar-refractivity contribution is 0.0951. The van der Waals surface area contributed by atoms with Crippen LogP contribution >= 0.6 is 28.1 Å². The lowest BCUT2D eigenvalue weighted by atomic mass is 10.2. The Morgan fingerprint density at radius 3 is 3.05 bits per heavy atom. The monoisotopic (exact) mass is 370 g/mol. The Hall–Kier alpha value is -1.67. The van der Waals surface area contributed by atoms with Crippen molar-refractivity contribution in [1.82, 2.24) is 20.1 Å². The van der Waals surface area contributed by atoms with E-state index in [2.05, 4.69) is 31.4 Å². The number of nitrogens with one attached hydrogen (secondary N) is 2. The van der Waals surface area contributed by atoms with Gasteiger partial charge in [-0.25, -0.2) is 0 Å². The van der Waals surface area contributed by atoms with Crippen molar-refractivity contribution in [1.29, 1.82) is 0 Å². The summed E-state index contributed by atoms with van der Waals surface area (Å²) >= 11 is 8.37. The minimum atomic E-state index is -0.328. The maximum Gasteiger partial charge on any atom is 0.255 e. The van der Waals surface area contributed by atoms with Crippen LogP contribution in [0, 0.1) is 4.77 Å². The van der Waals surface area contributed by atoms with E-state index in [0.717, 1.165) is 16.8 Å². The third-order valence-electron chi connectivity index (χ3n) is 2.99. The number of aromatic nitrogens is 3. The minimum Gasteiger partial charge on any atom is -0.507 e. The predicted molar refractivity (Wildman–Crippen MR) is 84.9 cm³/mol. The van der Waals surface area contributed by atoms with Crippen molar-refractivity contribution in [3.8, 4) is 5.75 Å². The molecule has 3 N–H and O–H groups in total. The molecule has 2 aromatic rings. The number of phenolic OH excluding ortho intramolecular Hbond substituents is 1. The summed E-state index contributed by atoms with van der Waals surface area (Å²) in [4.78, 5) is 12.0. The Bertz CT molecular complexity index is 710. The number of phenols is 1. The van der Waals surface area contributed by atoms with E-state index < -0.39 is 0 Å². The van der Waals surface area contributed by atoms with Crippen LogP contribution in [0.15, 0.2) is 22.7 Å². The quantitative estimate of drug-likeness (QED) is 0.705. The summed E-state index contributed by atoms with van der Waals surface area (Å²) in [5, 5.41) is 19.3. The zero-order valence-electron chi connectivity index (χ0n) is 11.4. The highest BCUT2D eigenvalue weighted by molar-refractivity contribution is 9.10. The first-order valence-corrected chi connectivity index (χ1v) is 7.63. The molecule has 0 aliphatic rings. The molecule has 1 heterocycles. The lowest BCUT2D eigenvalue weighted by Crippen LogP contribution is -2.26. The largest absolute Gasteiger partial charge is 0.507 e. The summed E-state index contributed by atoms with van der Waals surface area (Å²) in [6, 6.07) is 4.72. The van der Waals surface area contributed by atoms with Crippen LogP contribution in [-0.4, -0.2) is 32.3 Å². The molecular weight excluding hydrogens is 356 g/mol. The van der Waals surface area contributed by atoms with E-state index in [1.165, 1.54) is 6.07 Å². The van der Waals surface area contributed by atoms with Crippen molar-refractivity contribution in [2.45, 2.75) is 19.9 Å². The van der Waals surface area contributed by atoms with Gasteiger partial charge in [0.2, 0.25) is 0 Å². The molecule has 21 heavy (non-hydrogen) atoms. The van der Waals surface area contributed by atoms with Gasteiger partial charge in [-0.15, -0.1) is 0 Å². The number of benzene rings is 1. The van der Waals surface area contributed by atoms with Gasteiger partial charge >= 0.3 is 0 Å². The molecule has 6 nitrogen and oxygen atoms in total. The van der Waals surface area contributed by atoms with Crippen molar-refractivity contribution in [3.63, 3.8) is 0 Å². The Labute approximate surface area is 135 Å². The second-order valence-electron chi connectivity index (χ2n) is 4.36. The predicted octanol–water partition coefficient (Wildman–Crippen LogP) is 2.40. The molecule has 0 bridgehead atoms. The number of H-pyrrole nitrogens is 1. The molecule has 112 valence electrons. The van der Waals surface area contributed by atoms with Gasteiger partial charge < -0.3 is 15.0 Å². The molecule has 0 aliphatic carbocycles. The Morgan fingerprint density at radius 2 is 2.33 bits per heavy atom. The van der Waals surface area contributed by atoms with Crippen LogP contribution in [0.3, 0.4) is 0 Å². The number of halogens is 1. The molecule has 8 heteroatoms. The fourth-order valence-electron chi connectivity index (χ4n) is 1.94. The average molecular weight is 371 g/mol. The molecule has 2 rings (SSSR count). The first-order valence-electron chi connectivity index (χ1n) is 6.43. The Balaban J connectivity index is 1.98. The van der Waals surface area contributed by atoms with E-state index in [4.69, 9.17) is 12.2 Å². The minimum absolute atomic E-state index is 0.0491. The molecule has 0 spiro atoms. The number of aromatic hydroxyl groups is 1. The van der Waals surface area contributed by atoms with E-state index in [1.54, 1.807) is 12.1 Å². The second-order valence-corrected chi connectivity index (χ2v) is 5.66. The van der Waals surface area contributed by atoms with E-state index in [0.29, 0.717) is 17.7 Å². The van der Waals surface area contributed by atoms with Crippen LogP contribution in [0.5, 0.6) is 5.75 Å². The van der Waals surface area contributed by atoms with Crippen LogP contribution in [0.1, 0.15) is 23.1 Å². The zero-order valence-corrected chi connectivity index (χ0v) is 13.8. The van der Waals surface area contributed by atoms with E-state index in [-0.39, 0.29) is 17.2 Å². The van der Waals surface area contributed by atoms with Gasteiger partial charge in [-0.05, 0) is 37.3 Å². The number of carbonyl (C=O) groups excluding carboxylic acids is 1. The number of amides is 1. The topological polar surface area (TPSA) is 82.9 Å². The summed E-state index contributed by atoms with van der Waals surface area (Å²) in [5.74, 6) is 0.416. The molecule has 1 aromatic heterocycles. The zero-order chi connectivity index (χ0) is 15.4. The summed E-state index contributed by atoms with van der Waals surface area (Å²) in [6.45, 7) is 3.11. The fraction of sp³-hybridized carbons (Fsp3) is 0.308. The third kappa shape index (κ3) is 3.70. The van der Waals surface area contributed by atoms with E-state index in [1.807, 2.05) is 11.5 Å². The van der Waals surface area contributed by atoms with Crippen molar-refractivity contribution in [3.05, 3.63) is 38.8 Å². The van der Waals surface area contributed by atoms with Crippen LogP contribution in [0.4, 0.5) is 0 Å². The molecule has 1 aromatic carbocycles. The SMILES string of the molecule is CCn1c(CCNC(=O)c2cc(Br)ccc2O)n[nH]c1=S. The molecule has 0 saturated heterocycles. The highest BCUT2D eigenvalue weighted by atomic mass is 79.9. The summed E-state index contributed by atoms with van der Waals surface area (Å²) in [7, 11) is 0. The van der Waals surface area contributed by atoms with Crippen molar-refractivity contribution < 1.29 is 9.90 Å². The standard InChI is InChI=1S/C13H15BrN4O2S/c1-2-18-11(16-17-13(18)21)5-6-15-12(20)9-7-8(14)3-4-10(9)19/h3-4,7,19H,2,5-6H2,1H3,(H,15,20)(H,17,21). The number of hydrogen-bond acceptors (Lipinski definition) is 4. The van der Waals surface area contributed by atoms with Crippen LogP contribution in [-0.2, 0) is 13.0 Å². The maximum absolute atomic E-state index is 12.0. The number of carbonyl (C=O) groups is 1. The van der Waals surface area contributed by atoms with Crippen molar-refractivity contribution in [2.24, 2.45) is 0 Å². The van der Waals surface area contributed by atoms with Gasteiger partial charge in [0.1, 0.15) is 11.6 Å². The number of aromatic amines is 1. The van der Waals surface area contributed by atoms with Crippen molar-refractivity contribution in [2.75, 3.05) is 6.54 Å². The van der Waals surface area contributed by atoms with Gasteiger partial charge in [0.05, 0.1) is 5.56 Å². The van der Waals surface area contributed by atoms with Crippen LogP contribution < -0.4 is 5.32 Å². The van der Waals surface area contributed by atoms with Gasteiger partial charge in [0.15, 0.2) is 4.77 Å². The van der Waals surface area contributed by atoms with Gasteiger partial charge in [-0.2, -0.15) is 5.10 Å². The molecule has 0 atom stereocenters. The second kappa shape index (κ2) is 6.86. The summed E-state index contributed by atoms with van der Waals surface area (Å²) < 4.78 is 3.18. The van der Waals surface area contributed by atoms with Gasteiger partial charge in [-0.1, -0.05) is 15.9 Å². The summed E-state index contributed by atoms with van der Waals surface area (Å²) in [6.07, 6.45) is 0.557. The van der Waals surface area contributed by atoms with Gasteiger partial charge in [-0.3, -0.25) is 9.89 Å². The normalized spacial score (nSPS) is 10.6. The van der Waals surface area contributed by atoms with E-state index in [9.17, 15) is 9.90 Å². The third-order valence-corrected chi connectivity index (χ3v) is 3.80. The average Bonchev–Trinajstić information content (AvgIpc) is 2.81. The maximum atomic E-state index is 12.0. The molecule has 1 amide bonds. The van der Waals surface area contributed by atoms with Gasteiger partial charge in [0.25, 0.3) is 5.91 Å². The molecular formula is C13H15BrN4O2S. The highest BCUT2D eigenvalue weighted by Gasteiger charge is 2.12. The molecule has 0 unspecified atom stereocenters. The van der Waals surface area contributed by atoms with Crippen LogP contribution in [0.2, 0.25) is 0 Å². The Kier molecular flexibility index (Phi) is 5.13. The number of hydrogen-bond donors (Lipinski definition) is 3. The summed E-state index contributed by atoms with van der Waals surface area (Å²) in [5.41, 5.74) is 0.235. The first-order chi connectivity index (χ1) is 10.0. The highest BCUT2D eigenvalue weighted by Crippen LogP contribution is 2.21. The fourth-order valence-corrected chi connectivity index (χ4v) is 2.58. The Morgan fingerprint density at radius 1 is 1.57 bits per heavy atom. The smallest absolute Gasteiger partial charge is 0.255 e. The molecule has 0 saturated carbocycles. The van der Waals surface area contributed by atoms with Gasteiger partial charge in [0, 0.05) is 24.0 Å². The van der Waals surface area contributed by atoms with Crippen LogP contribution in [0.25, 0.3) is 0 Å².